The van der Waals surface area contributed by atoms with Crippen LogP contribution in [0.1, 0.15) is 65.7 Å². The van der Waals surface area contributed by atoms with E-state index in [-0.39, 0.29) is 0 Å². The third-order valence-electron chi connectivity index (χ3n) is 4.98. The maximum Gasteiger partial charge on any atom is 0.0684 e. The summed E-state index contributed by atoms with van der Waals surface area (Å²) in [4.78, 5) is 2.29. The van der Waals surface area contributed by atoms with E-state index in [1.807, 2.05) is 13.8 Å². The number of piperidine rings is 1. The van der Waals surface area contributed by atoms with Crippen molar-refractivity contribution in [1.82, 2.24) is 10.2 Å². The zero-order chi connectivity index (χ0) is 16.6. The predicted octanol–water partition coefficient (Wildman–Crippen LogP) is 2.39. The van der Waals surface area contributed by atoms with E-state index in [2.05, 4.69) is 24.2 Å². The Morgan fingerprint density at radius 2 is 1.82 bits per heavy atom. The normalized spacial score (nSPS) is 21.0. The molecule has 0 saturated carbocycles. The van der Waals surface area contributed by atoms with Crippen molar-refractivity contribution in [2.75, 3.05) is 33.2 Å². The Morgan fingerprint density at radius 3 is 2.41 bits per heavy atom. The Hall–Kier alpha value is -0.160. The average Bonchev–Trinajstić information content (AvgIpc) is 2.41. The molecule has 1 fully saturated rings. The van der Waals surface area contributed by atoms with E-state index in [1.165, 1.54) is 12.8 Å². The lowest BCUT2D eigenvalue weighted by Gasteiger charge is -2.36. The van der Waals surface area contributed by atoms with E-state index in [0.717, 1.165) is 58.3 Å². The van der Waals surface area contributed by atoms with Crippen molar-refractivity contribution in [2.24, 2.45) is 5.92 Å². The van der Waals surface area contributed by atoms with Gasteiger partial charge >= 0.3 is 0 Å². The largest absolute Gasteiger partial charge is 0.390 e. The molecule has 0 radical (unpaired) electrons. The highest BCUT2D eigenvalue weighted by molar-refractivity contribution is 4.85. The van der Waals surface area contributed by atoms with Crippen LogP contribution in [0.2, 0.25) is 0 Å². The van der Waals surface area contributed by atoms with Crippen LogP contribution in [0.15, 0.2) is 0 Å². The summed E-state index contributed by atoms with van der Waals surface area (Å²) < 4.78 is 0. The monoisotopic (exact) mass is 314 g/mol. The number of aliphatic hydroxyl groups is 2. The molecule has 1 aliphatic rings. The lowest BCUT2D eigenvalue weighted by molar-refractivity contribution is -0.0217. The molecular formula is C18H38N2O2. The predicted molar refractivity (Wildman–Crippen MR) is 93.1 cm³/mol. The molecular weight excluding hydrogens is 276 g/mol. The van der Waals surface area contributed by atoms with Gasteiger partial charge < -0.3 is 20.4 Å². The molecule has 0 bridgehead atoms. The van der Waals surface area contributed by atoms with Gasteiger partial charge in [0, 0.05) is 13.1 Å². The number of nitrogens with one attached hydrogen (secondary N) is 1. The molecule has 0 amide bonds. The molecule has 0 aromatic heterocycles. The van der Waals surface area contributed by atoms with Gasteiger partial charge in [0.05, 0.1) is 11.2 Å². The molecule has 1 saturated heterocycles. The van der Waals surface area contributed by atoms with Gasteiger partial charge in [-0.05, 0) is 72.0 Å². The second kappa shape index (κ2) is 9.21. The fraction of sp³-hybridized carbons (Fsp3) is 1.00. The summed E-state index contributed by atoms with van der Waals surface area (Å²) in [5.74, 6) is 0.696. The fourth-order valence-electron chi connectivity index (χ4n) is 3.11. The van der Waals surface area contributed by atoms with Crippen molar-refractivity contribution in [3.63, 3.8) is 0 Å². The van der Waals surface area contributed by atoms with Gasteiger partial charge in [-0.3, -0.25) is 0 Å². The lowest BCUT2D eigenvalue weighted by Crippen LogP contribution is -2.44. The first kappa shape index (κ1) is 19.9. The standard InChI is InChI=1S/C18H38N2O2/c1-16(6-5-8-17(2,3)21)7-12-19-13-9-18(22)10-14-20(4)15-11-18/h16,19,21-22H,5-15H2,1-4H3/t16-/m0/s1. The maximum atomic E-state index is 10.5. The molecule has 1 heterocycles. The molecule has 0 unspecified atom stereocenters. The molecule has 22 heavy (non-hydrogen) atoms. The summed E-state index contributed by atoms with van der Waals surface area (Å²) >= 11 is 0. The van der Waals surface area contributed by atoms with Gasteiger partial charge in [-0.25, -0.2) is 0 Å². The quantitative estimate of drug-likeness (QED) is 0.542. The van der Waals surface area contributed by atoms with E-state index < -0.39 is 11.2 Å². The average molecular weight is 315 g/mol. The smallest absolute Gasteiger partial charge is 0.0684 e. The summed E-state index contributed by atoms with van der Waals surface area (Å²) in [5.41, 5.74) is -0.973. The van der Waals surface area contributed by atoms with Crippen molar-refractivity contribution in [2.45, 2.75) is 76.9 Å². The van der Waals surface area contributed by atoms with Crippen molar-refractivity contribution in [3.8, 4) is 0 Å². The van der Waals surface area contributed by atoms with E-state index in [1.54, 1.807) is 0 Å². The van der Waals surface area contributed by atoms with Crippen LogP contribution in [0.4, 0.5) is 0 Å². The third kappa shape index (κ3) is 9.09. The Labute approximate surface area is 137 Å². The molecule has 1 aliphatic heterocycles. The van der Waals surface area contributed by atoms with E-state index in [9.17, 15) is 10.2 Å². The van der Waals surface area contributed by atoms with Gasteiger partial charge in [0.1, 0.15) is 0 Å². The fourth-order valence-corrected chi connectivity index (χ4v) is 3.11. The Bertz CT molecular complexity index is 294. The summed E-state index contributed by atoms with van der Waals surface area (Å²) in [6, 6.07) is 0. The van der Waals surface area contributed by atoms with Gasteiger partial charge in [-0.15, -0.1) is 0 Å². The molecule has 1 atom stereocenters. The van der Waals surface area contributed by atoms with Gasteiger partial charge in [-0.1, -0.05) is 19.8 Å². The zero-order valence-corrected chi connectivity index (χ0v) is 15.2. The number of hydrogen-bond acceptors (Lipinski definition) is 4. The first-order chi connectivity index (χ1) is 10.2. The highest BCUT2D eigenvalue weighted by Crippen LogP contribution is 2.24. The van der Waals surface area contributed by atoms with Crippen LogP contribution in [0.3, 0.4) is 0 Å². The first-order valence-corrected chi connectivity index (χ1v) is 9.04. The van der Waals surface area contributed by atoms with Crippen LogP contribution in [0, 0.1) is 5.92 Å². The summed E-state index contributed by atoms with van der Waals surface area (Å²) in [6.07, 6.45) is 7.00. The molecule has 4 heteroatoms. The molecule has 0 aliphatic carbocycles. The van der Waals surface area contributed by atoms with Crippen LogP contribution < -0.4 is 5.32 Å². The second-order valence-corrected chi connectivity index (χ2v) is 8.13. The topological polar surface area (TPSA) is 55.7 Å². The second-order valence-electron chi connectivity index (χ2n) is 8.13. The van der Waals surface area contributed by atoms with Crippen molar-refractivity contribution < 1.29 is 10.2 Å². The highest BCUT2D eigenvalue weighted by Gasteiger charge is 2.30. The Morgan fingerprint density at radius 1 is 1.18 bits per heavy atom. The number of rotatable bonds is 10. The van der Waals surface area contributed by atoms with Crippen molar-refractivity contribution >= 4 is 0 Å². The molecule has 0 aromatic carbocycles. The van der Waals surface area contributed by atoms with Crippen LogP contribution >= 0.6 is 0 Å². The maximum absolute atomic E-state index is 10.5. The van der Waals surface area contributed by atoms with Crippen LogP contribution in [0.25, 0.3) is 0 Å². The Kier molecular flexibility index (Phi) is 8.33. The van der Waals surface area contributed by atoms with Crippen LogP contribution in [-0.2, 0) is 0 Å². The minimum atomic E-state index is -0.526. The van der Waals surface area contributed by atoms with Gasteiger partial charge in [-0.2, -0.15) is 0 Å². The first-order valence-electron chi connectivity index (χ1n) is 9.04. The van der Waals surface area contributed by atoms with E-state index >= 15 is 0 Å². The molecule has 1 rings (SSSR count). The SMILES string of the molecule is C[C@@H](CCCC(C)(C)O)CCNCCC1(O)CCN(C)CC1. The number of likely N-dealkylation sites (tertiary alicyclic amines) is 1. The van der Waals surface area contributed by atoms with Crippen molar-refractivity contribution in [1.29, 1.82) is 0 Å². The summed E-state index contributed by atoms with van der Waals surface area (Å²) in [7, 11) is 2.12. The van der Waals surface area contributed by atoms with Gasteiger partial charge in [0.2, 0.25) is 0 Å². The minimum absolute atomic E-state index is 0.447. The van der Waals surface area contributed by atoms with Crippen LogP contribution in [0.5, 0.6) is 0 Å². The highest BCUT2D eigenvalue weighted by atomic mass is 16.3. The van der Waals surface area contributed by atoms with Gasteiger partial charge in [0.15, 0.2) is 0 Å². The number of hydrogen-bond donors (Lipinski definition) is 3. The molecule has 0 spiro atoms. The zero-order valence-electron chi connectivity index (χ0n) is 15.2. The minimum Gasteiger partial charge on any atom is -0.390 e. The molecule has 4 nitrogen and oxygen atoms in total. The van der Waals surface area contributed by atoms with Crippen LogP contribution in [-0.4, -0.2) is 59.5 Å². The Balaban J connectivity index is 2.00. The summed E-state index contributed by atoms with van der Waals surface area (Å²) in [5, 5.41) is 23.7. The van der Waals surface area contributed by atoms with E-state index in [4.69, 9.17) is 0 Å². The summed E-state index contributed by atoms with van der Waals surface area (Å²) in [6.45, 7) is 10.0. The van der Waals surface area contributed by atoms with E-state index in [0.29, 0.717) is 5.92 Å². The van der Waals surface area contributed by atoms with Gasteiger partial charge in [0.25, 0.3) is 0 Å². The van der Waals surface area contributed by atoms with Crippen molar-refractivity contribution in [3.05, 3.63) is 0 Å². The molecule has 3 N–H and O–H groups in total. The number of nitrogens with zero attached hydrogens (tertiary/aromatic N) is 1. The lowest BCUT2D eigenvalue weighted by atomic mass is 9.88. The third-order valence-corrected chi connectivity index (χ3v) is 4.98. The molecule has 0 aromatic rings. The molecule has 132 valence electrons.